The van der Waals surface area contributed by atoms with Gasteiger partial charge in [-0.1, -0.05) is 31.0 Å². The molecular weight excluding hydrogens is 350 g/mol. The number of nitro groups is 1. The van der Waals surface area contributed by atoms with Gasteiger partial charge in [0.05, 0.1) is 15.9 Å². The minimum atomic E-state index is -0.405. The summed E-state index contributed by atoms with van der Waals surface area (Å²) in [7, 11) is 0. The third-order valence-corrected chi connectivity index (χ3v) is 6.47. The van der Waals surface area contributed by atoms with Crippen molar-refractivity contribution in [2.24, 2.45) is 10.9 Å². The zero-order chi connectivity index (χ0) is 18.8. The van der Waals surface area contributed by atoms with Gasteiger partial charge in [0.2, 0.25) is 5.91 Å². The molecule has 0 bridgehead atoms. The Kier molecular flexibility index (Phi) is 5.65. The SMILES string of the molecule is Cc1cc([N+](=O)[O-])ccc1/N=C1\SC(C)C(=O)N1[C@H](C)C1CCCCC1. The van der Waals surface area contributed by atoms with Crippen molar-refractivity contribution < 1.29 is 9.72 Å². The summed E-state index contributed by atoms with van der Waals surface area (Å²) in [6, 6.07) is 4.79. The number of nitro benzene ring substituents is 1. The highest BCUT2D eigenvalue weighted by Crippen LogP contribution is 2.37. The summed E-state index contributed by atoms with van der Waals surface area (Å²) >= 11 is 1.48. The van der Waals surface area contributed by atoms with E-state index >= 15 is 0 Å². The maximum absolute atomic E-state index is 12.8. The molecule has 1 saturated carbocycles. The molecule has 0 spiro atoms. The van der Waals surface area contributed by atoms with Gasteiger partial charge in [-0.15, -0.1) is 0 Å². The van der Waals surface area contributed by atoms with E-state index in [9.17, 15) is 14.9 Å². The summed E-state index contributed by atoms with van der Waals surface area (Å²) in [5.41, 5.74) is 1.48. The maximum atomic E-state index is 12.8. The molecule has 2 atom stereocenters. The summed E-state index contributed by atoms with van der Waals surface area (Å²) < 4.78 is 0. The molecule has 3 rings (SSSR count). The second kappa shape index (κ2) is 7.78. The average molecular weight is 375 g/mol. The molecule has 1 aliphatic carbocycles. The quantitative estimate of drug-likeness (QED) is 0.558. The van der Waals surface area contributed by atoms with Crippen molar-refractivity contribution in [1.82, 2.24) is 4.90 Å². The minimum absolute atomic E-state index is 0.0578. The van der Waals surface area contributed by atoms with Crippen molar-refractivity contribution in [2.45, 2.75) is 64.2 Å². The number of hydrogen-bond acceptors (Lipinski definition) is 5. The number of non-ortho nitro benzene ring substituents is 1. The molecule has 140 valence electrons. The van der Waals surface area contributed by atoms with Gasteiger partial charge in [0.15, 0.2) is 5.17 Å². The second-order valence-electron chi connectivity index (χ2n) is 7.23. The van der Waals surface area contributed by atoms with Gasteiger partial charge >= 0.3 is 0 Å². The van der Waals surface area contributed by atoms with Crippen molar-refractivity contribution in [3.8, 4) is 0 Å². The van der Waals surface area contributed by atoms with Gasteiger partial charge in [-0.05, 0) is 51.2 Å². The van der Waals surface area contributed by atoms with Crippen LogP contribution in [0, 0.1) is 23.0 Å². The molecule has 0 radical (unpaired) electrons. The Hall–Kier alpha value is -1.89. The van der Waals surface area contributed by atoms with Gasteiger partial charge in [-0.3, -0.25) is 19.8 Å². The zero-order valence-corrected chi connectivity index (χ0v) is 16.3. The molecule has 2 fully saturated rings. The van der Waals surface area contributed by atoms with Gasteiger partial charge in [0, 0.05) is 18.2 Å². The predicted octanol–water partition coefficient (Wildman–Crippen LogP) is 4.82. The van der Waals surface area contributed by atoms with E-state index < -0.39 is 4.92 Å². The number of aryl methyl sites for hydroxylation is 1. The first kappa shape index (κ1) is 18.9. The smallest absolute Gasteiger partial charge is 0.269 e. The minimum Gasteiger partial charge on any atom is -0.287 e. The van der Waals surface area contributed by atoms with Crippen LogP contribution in [0.1, 0.15) is 51.5 Å². The summed E-state index contributed by atoms with van der Waals surface area (Å²) in [4.78, 5) is 29.9. The van der Waals surface area contributed by atoms with Crippen LogP contribution < -0.4 is 0 Å². The fourth-order valence-electron chi connectivity index (χ4n) is 3.82. The predicted molar refractivity (Wildman–Crippen MR) is 105 cm³/mol. The number of thioether (sulfide) groups is 1. The van der Waals surface area contributed by atoms with E-state index in [1.54, 1.807) is 6.07 Å². The van der Waals surface area contributed by atoms with E-state index in [1.165, 1.54) is 43.2 Å². The number of aliphatic imine (C=N–C) groups is 1. The van der Waals surface area contributed by atoms with Crippen LogP contribution in [0.25, 0.3) is 0 Å². The Morgan fingerprint density at radius 3 is 2.62 bits per heavy atom. The number of benzene rings is 1. The Bertz CT molecular complexity index is 744. The highest BCUT2D eigenvalue weighted by atomic mass is 32.2. The molecule has 1 heterocycles. The van der Waals surface area contributed by atoms with Crippen LogP contribution in [-0.2, 0) is 4.79 Å². The number of carbonyl (C=O) groups is 1. The number of amidine groups is 1. The molecule has 1 unspecified atom stereocenters. The molecular formula is C19H25N3O3S. The van der Waals surface area contributed by atoms with E-state index in [0.717, 1.165) is 23.6 Å². The first-order chi connectivity index (χ1) is 12.4. The number of carbonyl (C=O) groups excluding carboxylic acids is 1. The largest absolute Gasteiger partial charge is 0.287 e. The molecule has 1 amide bonds. The van der Waals surface area contributed by atoms with Crippen molar-refractivity contribution in [2.75, 3.05) is 0 Å². The van der Waals surface area contributed by atoms with Crippen molar-refractivity contribution in [3.05, 3.63) is 33.9 Å². The third-order valence-electron chi connectivity index (χ3n) is 5.42. The lowest BCUT2D eigenvalue weighted by atomic mass is 9.84. The van der Waals surface area contributed by atoms with Gasteiger partial charge in [-0.2, -0.15) is 0 Å². The molecule has 6 nitrogen and oxygen atoms in total. The van der Waals surface area contributed by atoms with Crippen LogP contribution in [0.3, 0.4) is 0 Å². The molecule has 0 N–H and O–H groups in total. The van der Waals surface area contributed by atoms with Crippen LogP contribution in [0.5, 0.6) is 0 Å². The monoisotopic (exact) mass is 375 g/mol. The van der Waals surface area contributed by atoms with E-state index in [-0.39, 0.29) is 22.9 Å². The van der Waals surface area contributed by atoms with Crippen LogP contribution in [0.4, 0.5) is 11.4 Å². The first-order valence-corrected chi connectivity index (χ1v) is 10.1. The Morgan fingerprint density at radius 1 is 1.31 bits per heavy atom. The van der Waals surface area contributed by atoms with Crippen LogP contribution in [-0.4, -0.2) is 32.2 Å². The lowest BCUT2D eigenvalue weighted by molar-refractivity contribution is -0.384. The van der Waals surface area contributed by atoms with Crippen LogP contribution >= 0.6 is 11.8 Å². The molecule has 1 aromatic rings. The Balaban J connectivity index is 1.90. The molecule has 1 aliphatic heterocycles. The Labute approximate surface area is 158 Å². The normalized spacial score (nSPS) is 24.3. The number of amides is 1. The lowest BCUT2D eigenvalue weighted by Crippen LogP contribution is -2.43. The molecule has 2 aliphatic rings. The summed E-state index contributed by atoms with van der Waals surface area (Å²) in [5.74, 6) is 0.633. The maximum Gasteiger partial charge on any atom is 0.269 e. The molecule has 1 aromatic carbocycles. The Morgan fingerprint density at radius 2 is 2.00 bits per heavy atom. The standard InChI is InChI=1S/C19H25N3O3S/c1-12-11-16(22(24)25)9-10-17(12)20-19-21(18(23)14(3)26-19)13(2)15-7-5-4-6-8-15/h9-11,13-15H,4-8H2,1-3H3/b20-19-/t13-,14?/m1/s1. The van der Waals surface area contributed by atoms with Gasteiger partial charge in [0.25, 0.3) is 5.69 Å². The average Bonchev–Trinajstić information content (AvgIpc) is 2.90. The second-order valence-corrected chi connectivity index (χ2v) is 8.54. The van der Waals surface area contributed by atoms with E-state index in [0.29, 0.717) is 11.6 Å². The van der Waals surface area contributed by atoms with Gasteiger partial charge in [-0.25, -0.2) is 4.99 Å². The van der Waals surface area contributed by atoms with Crippen molar-refractivity contribution in [1.29, 1.82) is 0 Å². The topological polar surface area (TPSA) is 75.8 Å². The zero-order valence-electron chi connectivity index (χ0n) is 15.5. The first-order valence-electron chi connectivity index (χ1n) is 9.22. The number of rotatable bonds is 4. The van der Waals surface area contributed by atoms with E-state index in [1.807, 2.05) is 18.7 Å². The van der Waals surface area contributed by atoms with Crippen LogP contribution in [0.2, 0.25) is 0 Å². The summed E-state index contributed by atoms with van der Waals surface area (Å²) in [6.45, 7) is 5.86. The molecule has 26 heavy (non-hydrogen) atoms. The molecule has 0 aromatic heterocycles. The van der Waals surface area contributed by atoms with E-state index in [2.05, 4.69) is 6.92 Å². The van der Waals surface area contributed by atoms with Crippen molar-refractivity contribution in [3.63, 3.8) is 0 Å². The highest BCUT2D eigenvalue weighted by Gasteiger charge is 2.40. The highest BCUT2D eigenvalue weighted by molar-refractivity contribution is 8.15. The molecule has 7 heteroatoms. The number of nitrogens with zero attached hydrogens (tertiary/aromatic N) is 3. The number of hydrogen-bond donors (Lipinski definition) is 0. The van der Waals surface area contributed by atoms with Crippen molar-refractivity contribution >= 4 is 34.2 Å². The third kappa shape index (κ3) is 3.77. The summed E-state index contributed by atoms with van der Waals surface area (Å²) in [5, 5.41) is 11.5. The fraction of sp³-hybridized carbons (Fsp3) is 0.579. The lowest BCUT2D eigenvalue weighted by Gasteiger charge is -2.34. The fourth-order valence-corrected chi connectivity index (χ4v) is 4.87. The molecule has 1 saturated heterocycles. The van der Waals surface area contributed by atoms with Gasteiger partial charge in [0.1, 0.15) is 0 Å². The van der Waals surface area contributed by atoms with Crippen LogP contribution in [0.15, 0.2) is 23.2 Å². The van der Waals surface area contributed by atoms with E-state index in [4.69, 9.17) is 4.99 Å². The summed E-state index contributed by atoms with van der Waals surface area (Å²) in [6.07, 6.45) is 6.06. The van der Waals surface area contributed by atoms with Gasteiger partial charge < -0.3 is 0 Å².